The van der Waals surface area contributed by atoms with E-state index in [-0.39, 0.29) is 0 Å². The highest BCUT2D eigenvalue weighted by Crippen LogP contribution is 2.35. The Hall–Kier alpha value is -1.52. The molecule has 0 fully saturated rings. The summed E-state index contributed by atoms with van der Waals surface area (Å²) in [5.41, 5.74) is 3.85. The number of aryl methyl sites for hydroxylation is 1. The Bertz CT molecular complexity index is 706. The van der Waals surface area contributed by atoms with E-state index in [2.05, 4.69) is 53.8 Å². The number of hydrogen-bond donors (Lipinski definition) is 1. The molecule has 21 heavy (non-hydrogen) atoms. The van der Waals surface area contributed by atoms with Gasteiger partial charge >= 0.3 is 0 Å². The Morgan fingerprint density at radius 3 is 2.90 bits per heavy atom. The van der Waals surface area contributed by atoms with Crippen molar-refractivity contribution in [1.82, 2.24) is 4.98 Å². The summed E-state index contributed by atoms with van der Waals surface area (Å²) >= 11 is 3.72. The lowest BCUT2D eigenvalue weighted by molar-refractivity contribution is 0.803. The second-order valence-electron chi connectivity index (χ2n) is 5.26. The van der Waals surface area contributed by atoms with Gasteiger partial charge in [0, 0.05) is 17.5 Å². The zero-order chi connectivity index (χ0) is 14.1. The standard InChI is InChI=1S/C17H16N2S2/c1-2-6-14-12(5-1)9-10-13(11-18-14)20-17-19-15-7-3-4-8-16(15)21-17/h1-8,13,18H,9-11H2. The van der Waals surface area contributed by atoms with E-state index in [1.165, 1.54) is 26.7 Å². The maximum absolute atomic E-state index is 4.74. The highest BCUT2D eigenvalue weighted by Gasteiger charge is 2.18. The van der Waals surface area contributed by atoms with Gasteiger partial charge in [0.25, 0.3) is 0 Å². The third-order valence-electron chi connectivity index (χ3n) is 3.81. The van der Waals surface area contributed by atoms with Gasteiger partial charge in [-0.05, 0) is 36.6 Å². The predicted octanol–water partition coefficient (Wildman–Crippen LogP) is 4.82. The number of thioether (sulfide) groups is 1. The van der Waals surface area contributed by atoms with Crippen molar-refractivity contribution in [2.24, 2.45) is 0 Å². The molecule has 4 rings (SSSR count). The Kier molecular flexibility index (Phi) is 3.57. The maximum atomic E-state index is 4.74. The fourth-order valence-corrected chi connectivity index (χ4v) is 5.10. The minimum absolute atomic E-state index is 0.581. The number of nitrogens with zero attached hydrogens (tertiary/aromatic N) is 1. The molecule has 1 atom stereocenters. The van der Waals surface area contributed by atoms with Gasteiger partial charge in [-0.25, -0.2) is 4.98 Å². The molecule has 1 aromatic heterocycles. The zero-order valence-corrected chi connectivity index (χ0v) is 13.2. The van der Waals surface area contributed by atoms with Crippen molar-refractivity contribution in [2.75, 3.05) is 11.9 Å². The first-order valence-corrected chi connectivity index (χ1v) is 8.92. The molecule has 0 bridgehead atoms. The normalized spacial score (nSPS) is 18.0. The Morgan fingerprint density at radius 2 is 1.95 bits per heavy atom. The topological polar surface area (TPSA) is 24.9 Å². The molecule has 4 heteroatoms. The molecule has 0 radical (unpaired) electrons. The van der Waals surface area contributed by atoms with Crippen LogP contribution in [0.2, 0.25) is 0 Å². The summed E-state index contributed by atoms with van der Waals surface area (Å²) in [6.45, 7) is 1.01. The smallest absolute Gasteiger partial charge is 0.151 e. The van der Waals surface area contributed by atoms with Crippen molar-refractivity contribution in [2.45, 2.75) is 22.4 Å². The van der Waals surface area contributed by atoms with Crippen molar-refractivity contribution < 1.29 is 0 Å². The van der Waals surface area contributed by atoms with E-state index in [0.717, 1.165) is 18.5 Å². The molecule has 0 saturated heterocycles. The van der Waals surface area contributed by atoms with Crippen molar-refractivity contribution in [1.29, 1.82) is 0 Å². The quantitative estimate of drug-likeness (QED) is 0.734. The molecule has 1 aliphatic heterocycles. The molecule has 0 saturated carbocycles. The average molecular weight is 312 g/mol. The third kappa shape index (κ3) is 2.78. The molecule has 0 amide bonds. The van der Waals surface area contributed by atoms with Crippen LogP contribution in [0.15, 0.2) is 52.9 Å². The van der Waals surface area contributed by atoms with Gasteiger partial charge in [-0.2, -0.15) is 0 Å². The average Bonchev–Trinajstić information content (AvgIpc) is 2.81. The van der Waals surface area contributed by atoms with Crippen molar-refractivity contribution >= 4 is 39.0 Å². The van der Waals surface area contributed by atoms with Crippen LogP contribution in [0.4, 0.5) is 5.69 Å². The summed E-state index contributed by atoms with van der Waals surface area (Å²) in [7, 11) is 0. The van der Waals surface area contributed by atoms with Gasteiger partial charge < -0.3 is 5.32 Å². The van der Waals surface area contributed by atoms with Gasteiger partial charge in [-0.1, -0.05) is 42.1 Å². The van der Waals surface area contributed by atoms with Crippen molar-refractivity contribution in [3.8, 4) is 0 Å². The lowest BCUT2D eigenvalue weighted by atomic mass is 10.1. The Morgan fingerprint density at radius 1 is 1.10 bits per heavy atom. The molecule has 2 aromatic carbocycles. The Labute approximate surface area is 132 Å². The molecule has 106 valence electrons. The first-order valence-electron chi connectivity index (χ1n) is 7.22. The minimum Gasteiger partial charge on any atom is -0.384 e. The molecule has 2 heterocycles. The van der Waals surface area contributed by atoms with Gasteiger partial charge in [0.05, 0.1) is 10.2 Å². The summed E-state index contributed by atoms with van der Waals surface area (Å²) in [6.07, 6.45) is 2.34. The van der Waals surface area contributed by atoms with Crippen molar-refractivity contribution in [3.05, 3.63) is 54.1 Å². The molecule has 1 N–H and O–H groups in total. The number of benzene rings is 2. The van der Waals surface area contributed by atoms with Crippen LogP contribution in [0.25, 0.3) is 10.2 Å². The highest BCUT2D eigenvalue weighted by molar-refractivity contribution is 8.01. The SMILES string of the molecule is c1ccc2c(c1)CCC(Sc1nc3ccccc3s1)CN2. The monoisotopic (exact) mass is 312 g/mol. The second-order valence-corrected chi connectivity index (χ2v) is 7.84. The second kappa shape index (κ2) is 5.70. The van der Waals surface area contributed by atoms with E-state index < -0.39 is 0 Å². The van der Waals surface area contributed by atoms with Crippen LogP contribution in [0, 0.1) is 0 Å². The van der Waals surface area contributed by atoms with Crippen LogP contribution in [-0.4, -0.2) is 16.8 Å². The minimum atomic E-state index is 0.581. The van der Waals surface area contributed by atoms with E-state index in [4.69, 9.17) is 4.98 Å². The number of para-hydroxylation sites is 2. The Balaban J connectivity index is 1.51. The van der Waals surface area contributed by atoms with Gasteiger partial charge in [0.1, 0.15) is 0 Å². The third-order valence-corrected chi connectivity index (χ3v) is 6.21. The zero-order valence-electron chi connectivity index (χ0n) is 11.6. The molecule has 2 nitrogen and oxygen atoms in total. The number of aromatic nitrogens is 1. The number of thiazole rings is 1. The number of fused-ring (bicyclic) bond motifs is 2. The van der Waals surface area contributed by atoms with Crippen molar-refractivity contribution in [3.63, 3.8) is 0 Å². The summed E-state index contributed by atoms with van der Waals surface area (Å²) < 4.78 is 2.47. The maximum Gasteiger partial charge on any atom is 0.151 e. The van der Waals surface area contributed by atoms with Gasteiger partial charge in [0.15, 0.2) is 4.34 Å². The van der Waals surface area contributed by atoms with Crippen LogP contribution in [0.5, 0.6) is 0 Å². The van der Waals surface area contributed by atoms with E-state index in [1.54, 1.807) is 11.3 Å². The highest BCUT2D eigenvalue weighted by atomic mass is 32.2. The van der Waals surface area contributed by atoms with Crippen LogP contribution >= 0.6 is 23.1 Å². The first-order chi connectivity index (χ1) is 10.4. The van der Waals surface area contributed by atoms with Gasteiger partial charge in [0.2, 0.25) is 0 Å². The van der Waals surface area contributed by atoms with Crippen LogP contribution in [-0.2, 0) is 6.42 Å². The molecule has 3 aromatic rings. The largest absolute Gasteiger partial charge is 0.384 e. The summed E-state index contributed by atoms with van der Waals surface area (Å²) in [4.78, 5) is 4.74. The van der Waals surface area contributed by atoms with Gasteiger partial charge in [-0.15, -0.1) is 11.3 Å². The molecular formula is C17H16N2S2. The number of rotatable bonds is 2. The summed E-state index contributed by atoms with van der Waals surface area (Å²) in [6, 6.07) is 17.0. The predicted molar refractivity (Wildman–Crippen MR) is 92.5 cm³/mol. The lowest BCUT2D eigenvalue weighted by Crippen LogP contribution is -2.14. The fraction of sp³-hybridized carbons (Fsp3) is 0.235. The molecule has 0 aliphatic carbocycles. The van der Waals surface area contributed by atoms with Crippen LogP contribution in [0.3, 0.4) is 0 Å². The number of hydrogen-bond acceptors (Lipinski definition) is 4. The fourth-order valence-electron chi connectivity index (χ4n) is 2.70. The van der Waals surface area contributed by atoms with E-state index in [0.29, 0.717) is 5.25 Å². The molecule has 1 aliphatic rings. The lowest BCUT2D eigenvalue weighted by Gasteiger charge is -2.12. The van der Waals surface area contributed by atoms with E-state index in [1.807, 2.05) is 11.8 Å². The summed E-state index contributed by atoms with van der Waals surface area (Å²) in [5, 5.41) is 4.17. The number of anilines is 1. The van der Waals surface area contributed by atoms with E-state index in [9.17, 15) is 0 Å². The molecule has 0 spiro atoms. The van der Waals surface area contributed by atoms with Crippen LogP contribution in [0.1, 0.15) is 12.0 Å². The number of nitrogens with one attached hydrogen (secondary N) is 1. The van der Waals surface area contributed by atoms with Crippen LogP contribution < -0.4 is 5.32 Å². The summed E-state index contributed by atoms with van der Waals surface area (Å²) in [5.74, 6) is 0. The van der Waals surface area contributed by atoms with Gasteiger partial charge in [-0.3, -0.25) is 0 Å². The molecule has 1 unspecified atom stereocenters. The first kappa shape index (κ1) is 13.2. The molecular weight excluding hydrogens is 296 g/mol. The van der Waals surface area contributed by atoms with E-state index >= 15 is 0 Å².